The highest BCUT2D eigenvalue weighted by Gasteiger charge is 2.52. The zero-order valence-corrected chi connectivity index (χ0v) is 11.0. The Kier molecular flexibility index (Phi) is 3.32. The summed E-state index contributed by atoms with van der Waals surface area (Å²) in [7, 11) is 1.73. The summed E-state index contributed by atoms with van der Waals surface area (Å²) >= 11 is 0. The topological polar surface area (TPSA) is 58.6 Å². The van der Waals surface area contributed by atoms with E-state index in [1.165, 1.54) is 19.3 Å². The maximum absolute atomic E-state index is 11.5. The minimum absolute atomic E-state index is 0.165. The van der Waals surface area contributed by atoms with Gasteiger partial charge in [0, 0.05) is 19.2 Å². The molecule has 4 nitrogen and oxygen atoms in total. The van der Waals surface area contributed by atoms with Crippen LogP contribution in [0.4, 0.5) is 0 Å². The van der Waals surface area contributed by atoms with Crippen LogP contribution in [0.3, 0.4) is 0 Å². The first kappa shape index (κ1) is 12.4. The quantitative estimate of drug-likeness (QED) is 0.753. The van der Waals surface area contributed by atoms with Crippen molar-refractivity contribution in [2.75, 3.05) is 13.7 Å². The van der Waals surface area contributed by atoms with Crippen LogP contribution >= 0.6 is 0 Å². The first-order chi connectivity index (χ1) is 8.70. The fourth-order valence-corrected chi connectivity index (χ4v) is 4.13. The number of nitrogens with one attached hydrogen (secondary N) is 1. The van der Waals surface area contributed by atoms with Gasteiger partial charge < -0.3 is 15.2 Å². The van der Waals surface area contributed by atoms with Crippen molar-refractivity contribution in [2.45, 2.75) is 44.2 Å². The van der Waals surface area contributed by atoms with Gasteiger partial charge in [0.25, 0.3) is 0 Å². The molecule has 0 aromatic rings. The molecular weight excluding hydrogens is 230 g/mol. The van der Waals surface area contributed by atoms with Crippen molar-refractivity contribution in [3.63, 3.8) is 0 Å². The van der Waals surface area contributed by atoms with Crippen LogP contribution in [0.15, 0.2) is 0 Å². The average Bonchev–Trinajstić information content (AvgIpc) is 2.99. The average molecular weight is 253 g/mol. The van der Waals surface area contributed by atoms with Gasteiger partial charge in [-0.3, -0.25) is 4.79 Å². The lowest BCUT2D eigenvalue weighted by atomic mass is 9.84. The number of hydrogen-bond acceptors (Lipinski definition) is 3. The molecule has 5 atom stereocenters. The monoisotopic (exact) mass is 253 g/mol. The molecule has 0 saturated heterocycles. The standard InChI is InChI=1S/C14H23NO3/c1-18-7-11(8-2-3-8)15-13-10-5-4-9(6-10)12(13)14(16)17/h8-13,15H,2-7H2,1H3,(H,16,17). The Labute approximate surface area is 108 Å². The summed E-state index contributed by atoms with van der Waals surface area (Å²) < 4.78 is 5.28. The molecule has 3 aliphatic carbocycles. The summed E-state index contributed by atoms with van der Waals surface area (Å²) in [5, 5.41) is 13.1. The number of carbonyl (C=O) groups is 1. The predicted octanol–water partition coefficient (Wildman–Crippen LogP) is 1.50. The predicted molar refractivity (Wildman–Crippen MR) is 67.3 cm³/mol. The van der Waals surface area contributed by atoms with Gasteiger partial charge in [-0.25, -0.2) is 0 Å². The van der Waals surface area contributed by atoms with Gasteiger partial charge in [-0.15, -0.1) is 0 Å². The normalized spacial score (nSPS) is 40.1. The highest BCUT2D eigenvalue weighted by Crippen LogP contribution is 2.49. The first-order valence-corrected chi connectivity index (χ1v) is 7.18. The summed E-state index contributed by atoms with van der Waals surface area (Å²) in [5.41, 5.74) is 0. The molecule has 3 aliphatic rings. The zero-order chi connectivity index (χ0) is 12.7. The van der Waals surface area contributed by atoms with Crippen LogP contribution in [0.2, 0.25) is 0 Å². The molecule has 0 aromatic carbocycles. The van der Waals surface area contributed by atoms with Gasteiger partial charge >= 0.3 is 5.97 Å². The molecule has 2 bridgehead atoms. The fraction of sp³-hybridized carbons (Fsp3) is 0.929. The summed E-state index contributed by atoms with van der Waals surface area (Å²) in [5.74, 6) is 0.925. The number of ether oxygens (including phenoxy) is 1. The Morgan fingerprint density at radius 3 is 2.67 bits per heavy atom. The lowest BCUT2D eigenvalue weighted by Gasteiger charge is -2.32. The Bertz CT molecular complexity index is 329. The van der Waals surface area contributed by atoms with Crippen LogP contribution in [0, 0.1) is 23.7 Å². The van der Waals surface area contributed by atoms with Gasteiger partial charge in [-0.1, -0.05) is 0 Å². The van der Waals surface area contributed by atoms with E-state index in [0.717, 1.165) is 12.8 Å². The number of aliphatic carboxylic acids is 1. The highest BCUT2D eigenvalue weighted by atomic mass is 16.5. The Morgan fingerprint density at radius 1 is 1.33 bits per heavy atom. The lowest BCUT2D eigenvalue weighted by molar-refractivity contribution is -0.144. The van der Waals surface area contributed by atoms with Gasteiger partial charge in [0.1, 0.15) is 0 Å². The number of fused-ring (bicyclic) bond motifs is 2. The minimum atomic E-state index is -0.605. The van der Waals surface area contributed by atoms with E-state index in [1.807, 2.05) is 0 Å². The van der Waals surface area contributed by atoms with Crippen LogP contribution in [-0.2, 0) is 9.53 Å². The molecule has 0 spiro atoms. The third-order valence-corrected chi connectivity index (χ3v) is 5.15. The lowest BCUT2D eigenvalue weighted by Crippen LogP contribution is -2.50. The molecule has 3 saturated carbocycles. The molecule has 3 fully saturated rings. The summed E-state index contributed by atoms with van der Waals surface area (Å²) in [4.78, 5) is 11.5. The van der Waals surface area contributed by atoms with E-state index in [4.69, 9.17) is 4.74 Å². The first-order valence-electron chi connectivity index (χ1n) is 7.18. The van der Waals surface area contributed by atoms with E-state index in [0.29, 0.717) is 30.4 Å². The van der Waals surface area contributed by atoms with Crippen molar-refractivity contribution >= 4 is 5.97 Å². The van der Waals surface area contributed by atoms with Crippen LogP contribution < -0.4 is 5.32 Å². The van der Waals surface area contributed by atoms with Gasteiger partial charge in [-0.05, 0) is 49.9 Å². The second-order valence-electron chi connectivity index (χ2n) is 6.29. The smallest absolute Gasteiger partial charge is 0.308 e. The largest absolute Gasteiger partial charge is 0.481 e. The number of carboxylic acids is 1. The van der Waals surface area contributed by atoms with E-state index < -0.39 is 5.97 Å². The summed E-state index contributed by atoms with van der Waals surface area (Å²) in [6, 6.07) is 0.545. The molecule has 4 heteroatoms. The second-order valence-corrected chi connectivity index (χ2v) is 6.29. The molecule has 0 aromatic heterocycles. The molecular formula is C14H23NO3. The van der Waals surface area contributed by atoms with E-state index >= 15 is 0 Å². The second kappa shape index (κ2) is 4.82. The van der Waals surface area contributed by atoms with Gasteiger partial charge in [0.05, 0.1) is 12.5 Å². The van der Waals surface area contributed by atoms with Gasteiger partial charge in [0.2, 0.25) is 0 Å². The van der Waals surface area contributed by atoms with E-state index in [-0.39, 0.29) is 12.0 Å². The molecule has 0 radical (unpaired) electrons. The SMILES string of the molecule is COCC(NC1C2CCC(C2)C1C(=O)O)C1CC1. The van der Waals surface area contributed by atoms with Crippen molar-refractivity contribution in [3.8, 4) is 0 Å². The molecule has 0 amide bonds. The maximum atomic E-state index is 11.5. The Morgan fingerprint density at radius 2 is 2.06 bits per heavy atom. The van der Waals surface area contributed by atoms with Crippen molar-refractivity contribution in [3.05, 3.63) is 0 Å². The fourth-order valence-electron chi connectivity index (χ4n) is 4.13. The van der Waals surface area contributed by atoms with Crippen LogP contribution in [0.1, 0.15) is 32.1 Å². The van der Waals surface area contributed by atoms with Crippen molar-refractivity contribution in [2.24, 2.45) is 23.7 Å². The minimum Gasteiger partial charge on any atom is -0.481 e. The zero-order valence-electron chi connectivity index (χ0n) is 11.0. The van der Waals surface area contributed by atoms with Crippen molar-refractivity contribution in [1.29, 1.82) is 0 Å². The van der Waals surface area contributed by atoms with E-state index in [9.17, 15) is 9.90 Å². The van der Waals surface area contributed by atoms with Crippen molar-refractivity contribution < 1.29 is 14.6 Å². The van der Waals surface area contributed by atoms with E-state index in [1.54, 1.807) is 7.11 Å². The maximum Gasteiger partial charge on any atom is 0.308 e. The third-order valence-electron chi connectivity index (χ3n) is 5.15. The van der Waals surface area contributed by atoms with Gasteiger partial charge in [-0.2, -0.15) is 0 Å². The molecule has 3 rings (SSSR count). The number of methoxy groups -OCH3 is 1. The van der Waals surface area contributed by atoms with Crippen LogP contribution in [0.5, 0.6) is 0 Å². The van der Waals surface area contributed by atoms with Crippen LogP contribution in [0.25, 0.3) is 0 Å². The van der Waals surface area contributed by atoms with Crippen LogP contribution in [-0.4, -0.2) is 36.9 Å². The molecule has 0 aliphatic heterocycles. The molecule has 2 N–H and O–H groups in total. The summed E-state index contributed by atoms with van der Waals surface area (Å²) in [6.07, 6.45) is 5.95. The number of rotatable bonds is 6. The summed E-state index contributed by atoms with van der Waals surface area (Å²) in [6.45, 7) is 0.713. The third kappa shape index (κ3) is 2.16. The number of carboxylic acid groups (broad SMARTS) is 1. The number of hydrogen-bond donors (Lipinski definition) is 2. The Hall–Kier alpha value is -0.610. The molecule has 102 valence electrons. The van der Waals surface area contributed by atoms with E-state index in [2.05, 4.69) is 5.32 Å². The van der Waals surface area contributed by atoms with Gasteiger partial charge in [0.15, 0.2) is 0 Å². The molecule has 0 heterocycles. The molecule has 5 unspecified atom stereocenters. The molecule has 18 heavy (non-hydrogen) atoms. The van der Waals surface area contributed by atoms with Crippen molar-refractivity contribution in [1.82, 2.24) is 5.32 Å². The highest BCUT2D eigenvalue weighted by molar-refractivity contribution is 5.72. The Balaban J connectivity index is 1.68.